The lowest BCUT2D eigenvalue weighted by molar-refractivity contribution is -0.144. The van der Waals surface area contributed by atoms with Crippen molar-refractivity contribution in [2.24, 2.45) is 46.3 Å². The Morgan fingerprint density at radius 2 is 1.71 bits per heavy atom. The number of ether oxygens (including phenoxy) is 3. The molecule has 0 heterocycles. The van der Waals surface area contributed by atoms with Crippen molar-refractivity contribution in [3.8, 4) is 11.5 Å². The summed E-state index contributed by atoms with van der Waals surface area (Å²) in [6, 6.07) is 5.17. The van der Waals surface area contributed by atoms with Gasteiger partial charge in [-0.15, -0.1) is 0 Å². The van der Waals surface area contributed by atoms with Crippen molar-refractivity contribution >= 4 is 18.0 Å². The van der Waals surface area contributed by atoms with E-state index in [0.717, 1.165) is 30.7 Å². The Hall–Kier alpha value is -3.08. The number of fused-ring (bicyclic) bond motifs is 5. The molecule has 8 atom stereocenters. The maximum atomic E-state index is 12.8. The van der Waals surface area contributed by atoms with Crippen LogP contribution < -0.4 is 9.47 Å². The predicted molar refractivity (Wildman–Crippen MR) is 181 cm³/mol. The van der Waals surface area contributed by atoms with Gasteiger partial charge in [0.15, 0.2) is 11.5 Å². The Bertz CT molecular complexity index is 1400. The largest absolute Gasteiger partial charge is 0.493 e. The van der Waals surface area contributed by atoms with Crippen molar-refractivity contribution in [1.82, 2.24) is 0 Å². The van der Waals surface area contributed by atoms with E-state index >= 15 is 0 Å². The topological polar surface area (TPSA) is 61.8 Å². The lowest BCUT2D eigenvalue weighted by Crippen LogP contribution is -2.46. The molecule has 5 nitrogen and oxygen atoms in total. The van der Waals surface area contributed by atoms with Gasteiger partial charge in [-0.1, -0.05) is 83.1 Å². The minimum Gasteiger partial charge on any atom is -0.493 e. The number of methoxy groups -OCH3 is 1. The number of benzene rings is 1. The van der Waals surface area contributed by atoms with Gasteiger partial charge in [0.25, 0.3) is 0 Å². The first-order valence-electron chi connectivity index (χ1n) is 17.2. The summed E-state index contributed by atoms with van der Waals surface area (Å²) in [7, 11) is 1.52. The van der Waals surface area contributed by atoms with Crippen LogP contribution in [0.4, 0.5) is 0 Å². The molecule has 45 heavy (non-hydrogen) atoms. The van der Waals surface area contributed by atoms with E-state index < -0.39 is 5.97 Å². The van der Waals surface area contributed by atoms with E-state index in [2.05, 4.69) is 65.8 Å². The summed E-state index contributed by atoms with van der Waals surface area (Å²) in [5, 5.41) is 0. The predicted octanol–water partition coefficient (Wildman–Crippen LogP) is 9.53. The first kappa shape index (κ1) is 33.3. The summed E-state index contributed by atoms with van der Waals surface area (Å²) in [5.74, 6) is 3.98. The molecular formula is C40H54O5. The van der Waals surface area contributed by atoms with Gasteiger partial charge in [0.1, 0.15) is 6.10 Å². The van der Waals surface area contributed by atoms with Crippen LogP contribution in [0.1, 0.15) is 99.0 Å². The fourth-order valence-electron chi connectivity index (χ4n) is 9.08. The number of carbonyl (C=O) groups excluding carboxylic acids is 2. The van der Waals surface area contributed by atoms with E-state index in [9.17, 15) is 9.59 Å². The van der Waals surface area contributed by atoms with E-state index in [1.807, 2.05) is 0 Å². The van der Waals surface area contributed by atoms with Crippen LogP contribution in [0.25, 0.3) is 6.08 Å². The van der Waals surface area contributed by atoms with Crippen molar-refractivity contribution in [2.45, 2.75) is 99.5 Å². The Balaban J connectivity index is 1.24. The number of carbonyl (C=O) groups is 2. The fourth-order valence-corrected chi connectivity index (χ4v) is 9.08. The zero-order chi connectivity index (χ0) is 32.5. The third-order valence-electron chi connectivity index (χ3n) is 12.1. The van der Waals surface area contributed by atoms with E-state index in [4.69, 9.17) is 14.2 Å². The fraction of sp³-hybridized carbons (Fsp3) is 0.600. The Labute approximate surface area is 271 Å². The quantitative estimate of drug-likeness (QED) is 0.120. The third kappa shape index (κ3) is 6.74. The van der Waals surface area contributed by atoms with Crippen molar-refractivity contribution < 1.29 is 23.8 Å². The molecule has 0 aliphatic heterocycles. The maximum Gasteiger partial charge on any atom is 0.331 e. The van der Waals surface area contributed by atoms with Gasteiger partial charge in [-0.2, -0.15) is 0 Å². The zero-order valence-corrected chi connectivity index (χ0v) is 28.7. The first-order chi connectivity index (χ1) is 21.4. The standard InChI is InChI=1S/C40H54O5/c1-25(2)26(3)9-10-27(4)33-15-16-34-32-14-13-30-24-31(19-21-39(30,6)35(32)20-22-40(33,34)7)45-38(42)18-12-29-11-17-36(44-28(5)41)37(23-29)43-8/h9-14,17-18,23,25-27,31,33-35H,15-16,19-22,24H2,1-8H3. The van der Waals surface area contributed by atoms with E-state index in [0.29, 0.717) is 46.5 Å². The van der Waals surface area contributed by atoms with E-state index in [1.54, 1.807) is 29.8 Å². The van der Waals surface area contributed by atoms with Crippen molar-refractivity contribution in [2.75, 3.05) is 7.11 Å². The molecule has 4 aliphatic carbocycles. The molecule has 4 aliphatic rings. The van der Waals surface area contributed by atoms with Gasteiger partial charge >= 0.3 is 11.9 Å². The highest BCUT2D eigenvalue weighted by Gasteiger charge is 2.57. The molecule has 0 aromatic heterocycles. The SMILES string of the molecule is COc1cc(C=CC(=O)OC2CCC3(C)C(=CC=C4C3CCC3(C)C4CCC3C(C)C=CC(C)C(C)C)C2)ccc1OC(C)=O. The van der Waals surface area contributed by atoms with Gasteiger partial charge < -0.3 is 14.2 Å². The Morgan fingerprint density at radius 3 is 2.42 bits per heavy atom. The van der Waals surface area contributed by atoms with Crippen molar-refractivity contribution in [1.29, 1.82) is 0 Å². The van der Waals surface area contributed by atoms with Crippen molar-refractivity contribution in [3.05, 3.63) is 65.3 Å². The summed E-state index contributed by atoms with van der Waals surface area (Å²) in [6.45, 7) is 15.9. The average molecular weight is 615 g/mol. The maximum absolute atomic E-state index is 12.8. The van der Waals surface area contributed by atoms with Crippen LogP contribution >= 0.6 is 0 Å². The molecule has 5 heteroatoms. The number of rotatable bonds is 9. The van der Waals surface area contributed by atoms with Crippen LogP contribution in [0, 0.1) is 46.3 Å². The second kappa shape index (κ2) is 13.3. The van der Waals surface area contributed by atoms with Crippen LogP contribution in [0.15, 0.2) is 59.7 Å². The molecule has 0 N–H and O–H groups in total. The molecule has 0 radical (unpaired) electrons. The normalized spacial score (nSPS) is 32.3. The minimum absolute atomic E-state index is 0.108. The van der Waals surface area contributed by atoms with Gasteiger partial charge in [0.2, 0.25) is 0 Å². The molecule has 3 saturated carbocycles. The first-order valence-corrected chi connectivity index (χ1v) is 17.2. The highest BCUT2D eigenvalue weighted by molar-refractivity contribution is 5.87. The van der Waals surface area contributed by atoms with Gasteiger partial charge in [0, 0.05) is 19.4 Å². The van der Waals surface area contributed by atoms with E-state index in [1.165, 1.54) is 51.4 Å². The lowest BCUT2D eigenvalue weighted by atomic mass is 9.50. The second-order valence-corrected chi connectivity index (χ2v) is 15.1. The summed E-state index contributed by atoms with van der Waals surface area (Å²) in [4.78, 5) is 24.2. The summed E-state index contributed by atoms with van der Waals surface area (Å²) >= 11 is 0. The van der Waals surface area contributed by atoms with Crippen LogP contribution in [0.3, 0.4) is 0 Å². The molecule has 0 bridgehead atoms. The molecule has 1 aromatic rings. The van der Waals surface area contributed by atoms with Gasteiger partial charge in [0.05, 0.1) is 7.11 Å². The summed E-state index contributed by atoms with van der Waals surface area (Å²) in [6.07, 6.45) is 20.9. The minimum atomic E-state index is -0.414. The molecule has 0 saturated heterocycles. The zero-order valence-electron chi connectivity index (χ0n) is 28.7. The van der Waals surface area contributed by atoms with Crippen LogP contribution in [0.2, 0.25) is 0 Å². The third-order valence-corrected chi connectivity index (χ3v) is 12.1. The smallest absolute Gasteiger partial charge is 0.331 e. The molecule has 1 aromatic carbocycles. The molecule has 5 rings (SSSR count). The monoisotopic (exact) mass is 614 g/mol. The van der Waals surface area contributed by atoms with E-state index in [-0.39, 0.29) is 17.5 Å². The highest BCUT2D eigenvalue weighted by atomic mass is 16.6. The average Bonchev–Trinajstić information content (AvgIpc) is 3.36. The molecule has 3 fully saturated rings. The lowest BCUT2D eigenvalue weighted by Gasteiger charge is -2.55. The highest BCUT2D eigenvalue weighted by Crippen LogP contribution is 2.66. The van der Waals surface area contributed by atoms with Crippen molar-refractivity contribution in [3.63, 3.8) is 0 Å². The Morgan fingerprint density at radius 1 is 0.933 bits per heavy atom. The summed E-state index contributed by atoms with van der Waals surface area (Å²) < 4.78 is 16.5. The van der Waals surface area contributed by atoms with Gasteiger partial charge in [-0.05, 0) is 109 Å². The Kier molecular flexibility index (Phi) is 9.87. The van der Waals surface area contributed by atoms with Crippen LogP contribution in [0.5, 0.6) is 11.5 Å². The molecule has 244 valence electrons. The number of hydrogen-bond acceptors (Lipinski definition) is 5. The second-order valence-electron chi connectivity index (χ2n) is 15.1. The van der Waals surface area contributed by atoms with Crippen LogP contribution in [-0.4, -0.2) is 25.2 Å². The molecule has 0 spiro atoms. The number of esters is 2. The molecular weight excluding hydrogens is 560 g/mol. The molecule has 8 unspecified atom stereocenters. The molecule has 0 amide bonds. The number of allylic oxidation sites excluding steroid dienone is 5. The number of hydrogen-bond donors (Lipinski definition) is 0. The van der Waals surface area contributed by atoms with Gasteiger partial charge in [-0.3, -0.25) is 4.79 Å². The summed E-state index contributed by atoms with van der Waals surface area (Å²) in [5.41, 5.74) is 4.45. The van der Waals surface area contributed by atoms with Crippen LogP contribution in [-0.2, 0) is 14.3 Å². The van der Waals surface area contributed by atoms with Gasteiger partial charge in [-0.25, -0.2) is 4.79 Å².